The summed E-state index contributed by atoms with van der Waals surface area (Å²) in [6.07, 6.45) is 15.1. The molecular formula is C17H24I2. The summed E-state index contributed by atoms with van der Waals surface area (Å²) in [4.78, 5) is 0. The molecule has 0 heterocycles. The fraction of sp³-hybridized carbons (Fsp3) is 0.529. The third-order valence-corrected chi connectivity index (χ3v) is 5.35. The van der Waals surface area contributed by atoms with Crippen LogP contribution in [0.3, 0.4) is 0 Å². The van der Waals surface area contributed by atoms with E-state index < -0.39 is 0 Å². The van der Waals surface area contributed by atoms with Crippen molar-refractivity contribution in [3.63, 3.8) is 0 Å². The Hall–Kier alpha value is 0.420. The maximum atomic E-state index is 2.45. The maximum Gasteiger partial charge on any atom is 0.00898 e. The van der Waals surface area contributed by atoms with E-state index in [9.17, 15) is 0 Å². The smallest absolute Gasteiger partial charge is 0.00898 e. The van der Waals surface area contributed by atoms with E-state index in [0.717, 1.165) is 6.42 Å². The monoisotopic (exact) mass is 482 g/mol. The summed E-state index contributed by atoms with van der Waals surface area (Å²) in [6.45, 7) is 9.06. The Kier molecular flexibility index (Phi) is 7.36. The molecule has 0 aromatic carbocycles. The van der Waals surface area contributed by atoms with Gasteiger partial charge in [-0.15, -0.1) is 0 Å². The number of allylic oxidation sites excluding steroid dienone is 8. The lowest BCUT2D eigenvalue weighted by molar-refractivity contribution is 0.368. The first-order valence-corrected chi connectivity index (χ1v) is 9.14. The quantitative estimate of drug-likeness (QED) is 0.300. The molecule has 1 unspecified atom stereocenters. The molecule has 19 heavy (non-hydrogen) atoms. The molecule has 0 aliphatic heterocycles. The van der Waals surface area contributed by atoms with E-state index in [-0.39, 0.29) is 5.41 Å². The van der Waals surface area contributed by atoms with E-state index in [1.165, 1.54) is 20.0 Å². The van der Waals surface area contributed by atoms with Gasteiger partial charge in [-0.05, 0) is 88.8 Å². The van der Waals surface area contributed by atoms with Crippen LogP contribution in [0.2, 0.25) is 0 Å². The zero-order valence-corrected chi connectivity index (χ0v) is 16.7. The van der Waals surface area contributed by atoms with Gasteiger partial charge in [0.1, 0.15) is 0 Å². The Morgan fingerprint density at radius 3 is 2.58 bits per heavy atom. The van der Waals surface area contributed by atoms with E-state index in [1.807, 2.05) is 0 Å². The predicted octanol–water partition coefficient (Wildman–Crippen LogP) is 6.97. The second-order valence-electron chi connectivity index (χ2n) is 5.59. The van der Waals surface area contributed by atoms with Gasteiger partial charge >= 0.3 is 0 Å². The van der Waals surface area contributed by atoms with Crippen LogP contribution >= 0.6 is 45.2 Å². The van der Waals surface area contributed by atoms with E-state index in [0.29, 0.717) is 5.92 Å². The van der Waals surface area contributed by atoms with Crippen molar-refractivity contribution in [3.05, 3.63) is 43.1 Å². The molecule has 1 aliphatic rings. The molecule has 1 saturated carbocycles. The highest BCUT2D eigenvalue weighted by atomic mass is 127. The molecule has 106 valence electrons. The third-order valence-electron chi connectivity index (χ3n) is 3.88. The summed E-state index contributed by atoms with van der Waals surface area (Å²) >= 11 is 4.89. The van der Waals surface area contributed by atoms with Gasteiger partial charge < -0.3 is 0 Å². The minimum absolute atomic E-state index is 0.288. The molecule has 0 aromatic heterocycles. The molecule has 1 rings (SSSR count). The molecule has 0 bridgehead atoms. The van der Waals surface area contributed by atoms with E-state index in [1.54, 1.807) is 5.57 Å². The molecular weight excluding hydrogens is 458 g/mol. The summed E-state index contributed by atoms with van der Waals surface area (Å²) < 4.78 is 2.74. The summed E-state index contributed by atoms with van der Waals surface area (Å²) in [5, 5.41) is 0. The lowest BCUT2D eigenvalue weighted by atomic mass is 9.78. The fourth-order valence-electron chi connectivity index (χ4n) is 2.61. The Morgan fingerprint density at radius 1 is 1.32 bits per heavy atom. The number of halogens is 2. The van der Waals surface area contributed by atoms with Crippen molar-refractivity contribution in [2.45, 2.75) is 47.0 Å². The molecule has 0 saturated heterocycles. The first kappa shape index (κ1) is 17.5. The Morgan fingerprint density at radius 2 is 2.00 bits per heavy atom. The fourth-order valence-corrected chi connectivity index (χ4v) is 4.22. The minimum atomic E-state index is 0.288. The van der Waals surface area contributed by atoms with Crippen LogP contribution in [0.4, 0.5) is 0 Å². The Labute approximate surface area is 145 Å². The van der Waals surface area contributed by atoms with Crippen LogP contribution in [0.5, 0.6) is 0 Å². The van der Waals surface area contributed by atoms with Crippen molar-refractivity contribution in [2.75, 3.05) is 0 Å². The van der Waals surface area contributed by atoms with Crippen LogP contribution in [0, 0.1) is 11.3 Å². The van der Waals surface area contributed by atoms with Gasteiger partial charge in [-0.25, -0.2) is 0 Å². The highest BCUT2D eigenvalue weighted by molar-refractivity contribution is 14.1. The lowest BCUT2D eigenvalue weighted by Crippen LogP contribution is -2.17. The molecule has 1 atom stereocenters. The number of hydrogen-bond donors (Lipinski definition) is 0. The first-order chi connectivity index (χ1) is 8.91. The molecule has 2 heteroatoms. The lowest BCUT2D eigenvalue weighted by Gasteiger charge is -2.27. The van der Waals surface area contributed by atoms with Crippen LogP contribution in [0.1, 0.15) is 47.0 Å². The molecule has 0 N–H and O–H groups in total. The van der Waals surface area contributed by atoms with Crippen LogP contribution in [-0.2, 0) is 0 Å². The predicted molar refractivity (Wildman–Crippen MR) is 104 cm³/mol. The van der Waals surface area contributed by atoms with Crippen molar-refractivity contribution in [2.24, 2.45) is 11.3 Å². The van der Waals surface area contributed by atoms with Gasteiger partial charge in [-0.2, -0.15) is 0 Å². The van der Waals surface area contributed by atoms with Gasteiger partial charge in [0.15, 0.2) is 0 Å². The van der Waals surface area contributed by atoms with Crippen LogP contribution in [0.15, 0.2) is 43.1 Å². The zero-order valence-electron chi connectivity index (χ0n) is 12.3. The molecule has 0 aromatic rings. The summed E-state index contributed by atoms with van der Waals surface area (Å²) in [5.74, 6) is 0.660. The molecule has 0 nitrogen and oxygen atoms in total. The van der Waals surface area contributed by atoms with Gasteiger partial charge in [-0.3, -0.25) is 0 Å². The minimum Gasteiger partial charge on any atom is -0.0866 e. The highest BCUT2D eigenvalue weighted by Gasteiger charge is 2.37. The van der Waals surface area contributed by atoms with Crippen molar-refractivity contribution in [1.29, 1.82) is 0 Å². The van der Waals surface area contributed by atoms with Gasteiger partial charge in [0.25, 0.3) is 0 Å². The first-order valence-electron chi connectivity index (χ1n) is 6.98. The normalized spacial score (nSPS) is 26.6. The number of hydrogen-bond acceptors (Lipinski definition) is 0. The average molecular weight is 482 g/mol. The number of rotatable bonds is 4. The molecule has 0 spiro atoms. The van der Waals surface area contributed by atoms with E-state index in [4.69, 9.17) is 0 Å². The third kappa shape index (κ3) is 5.03. The second kappa shape index (κ2) is 8.01. The molecule has 1 fully saturated rings. The van der Waals surface area contributed by atoms with Gasteiger partial charge in [0.2, 0.25) is 0 Å². The van der Waals surface area contributed by atoms with Crippen molar-refractivity contribution in [1.82, 2.24) is 0 Å². The topological polar surface area (TPSA) is 0 Å². The van der Waals surface area contributed by atoms with Gasteiger partial charge in [0, 0.05) is 7.16 Å². The SMILES string of the molecule is C/C=C\C(I)=C/C1CC/C(=C\C(I)=C/CC)C1(C)C. The van der Waals surface area contributed by atoms with Gasteiger partial charge in [0.05, 0.1) is 0 Å². The molecule has 1 aliphatic carbocycles. The van der Waals surface area contributed by atoms with Crippen LogP contribution in [-0.4, -0.2) is 0 Å². The Balaban J connectivity index is 2.94. The van der Waals surface area contributed by atoms with Crippen LogP contribution in [0.25, 0.3) is 0 Å². The van der Waals surface area contributed by atoms with Crippen molar-refractivity contribution in [3.8, 4) is 0 Å². The largest absolute Gasteiger partial charge is 0.0866 e. The Bertz CT molecular complexity index is 423. The second-order valence-corrected chi connectivity index (χ2v) is 8.08. The standard InChI is InChI=1S/C17H24I2/c1-5-7-15(18)11-13-9-10-14(17(13,3)4)12-16(19)8-6-2/h5,7-8,11-13H,6,9-10H2,1-4H3/b7-5-,14-12+,15-11+,16-8+. The zero-order chi connectivity index (χ0) is 14.5. The maximum absolute atomic E-state index is 2.45. The van der Waals surface area contributed by atoms with Crippen molar-refractivity contribution >= 4 is 45.2 Å². The van der Waals surface area contributed by atoms with Crippen LogP contribution < -0.4 is 0 Å². The molecule has 0 amide bonds. The average Bonchev–Trinajstić information content (AvgIpc) is 2.57. The van der Waals surface area contributed by atoms with E-state index in [2.05, 4.69) is 103 Å². The van der Waals surface area contributed by atoms with E-state index >= 15 is 0 Å². The summed E-state index contributed by atoms with van der Waals surface area (Å²) in [6, 6.07) is 0. The summed E-state index contributed by atoms with van der Waals surface area (Å²) in [5.41, 5.74) is 1.89. The summed E-state index contributed by atoms with van der Waals surface area (Å²) in [7, 11) is 0. The highest BCUT2D eigenvalue weighted by Crippen LogP contribution is 2.49. The van der Waals surface area contributed by atoms with Gasteiger partial charge in [-0.1, -0.05) is 50.6 Å². The molecule has 0 radical (unpaired) electrons. The van der Waals surface area contributed by atoms with Crippen molar-refractivity contribution < 1.29 is 0 Å².